The minimum absolute atomic E-state index is 0.236. The van der Waals surface area contributed by atoms with Crippen LogP contribution >= 0.6 is 0 Å². The standard InChI is InChI=1S/C19H19NO3S/c1-2-13-23-18-9-5-16(6-10-18)17-7-11-19(12-8-17)24(21,22)20-14-15-3-4-15/h1,5-12,15,20H,3-4,13-14H2. The predicted octanol–water partition coefficient (Wildman–Crippen LogP) is 3.05. The molecule has 124 valence electrons. The summed E-state index contributed by atoms with van der Waals surface area (Å²) in [6.07, 6.45) is 7.39. The molecule has 0 aliphatic heterocycles. The zero-order valence-corrected chi connectivity index (χ0v) is 14.1. The fourth-order valence-electron chi connectivity index (χ4n) is 2.33. The zero-order chi connectivity index (χ0) is 17.0. The summed E-state index contributed by atoms with van der Waals surface area (Å²) < 4.78 is 32.4. The molecule has 0 heterocycles. The fourth-order valence-corrected chi connectivity index (χ4v) is 3.44. The third-order valence-electron chi connectivity index (χ3n) is 3.93. The lowest BCUT2D eigenvalue weighted by Gasteiger charge is -2.08. The van der Waals surface area contributed by atoms with Crippen molar-refractivity contribution in [2.45, 2.75) is 17.7 Å². The summed E-state index contributed by atoms with van der Waals surface area (Å²) in [6, 6.07) is 14.4. The maximum atomic E-state index is 12.2. The third-order valence-corrected chi connectivity index (χ3v) is 5.37. The van der Waals surface area contributed by atoms with Gasteiger partial charge >= 0.3 is 0 Å². The van der Waals surface area contributed by atoms with E-state index in [1.807, 2.05) is 36.4 Å². The Morgan fingerprint density at radius 2 is 1.62 bits per heavy atom. The van der Waals surface area contributed by atoms with E-state index in [1.54, 1.807) is 12.1 Å². The Morgan fingerprint density at radius 3 is 2.17 bits per heavy atom. The number of hydrogen-bond acceptors (Lipinski definition) is 3. The van der Waals surface area contributed by atoms with Gasteiger partial charge in [-0.1, -0.05) is 30.2 Å². The van der Waals surface area contributed by atoms with E-state index < -0.39 is 10.0 Å². The summed E-state index contributed by atoms with van der Waals surface area (Å²) in [5, 5.41) is 0. The molecule has 1 N–H and O–H groups in total. The van der Waals surface area contributed by atoms with Crippen LogP contribution in [0.25, 0.3) is 11.1 Å². The molecule has 0 aromatic heterocycles. The van der Waals surface area contributed by atoms with Crippen LogP contribution < -0.4 is 9.46 Å². The van der Waals surface area contributed by atoms with Crippen LogP contribution in [0, 0.1) is 18.3 Å². The lowest BCUT2D eigenvalue weighted by atomic mass is 10.1. The Bertz CT molecular complexity index is 830. The summed E-state index contributed by atoms with van der Waals surface area (Å²) in [4.78, 5) is 0.292. The molecule has 0 amide bonds. The summed E-state index contributed by atoms with van der Waals surface area (Å²) in [6.45, 7) is 0.767. The van der Waals surface area contributed by atoms with Gasteiger partial charge in [0.2, 0.25) is 10.0 Å². The minimum atomic E-state index is -3.42. The van der Waals surface area contributed by atoms with Gasteiger partial charge in [0.25, 0.3) is 0 Å². The van der Waals surface area contributed by atoms with Gasteiger partial charge in [0.05, 0.1) is 4.90 Å². The Balaban J connectivity index is 1.70. The first-order valence-corrected chi connectivity index (χ1v) is 9.33. The molecule has 0 bridgehead atoms. The van der Waals surface area contributed by atoms with Gasteiger partial charge in [-0.3, -0.25) is 0 Å². The molecule has 1 fully saturated rings. The van der Waals surface area contributed by atoms with Crippen LogP contribution in [0.15, 0.2) is 53.4 Å². The van der Waals surface area contributed by atoms with E-state index in [2.05, 4.69) is 10.6 Å². The average molecular weight is 341 g/mol. The van der Waals surface area contributed by atoms with Crippen molar-refractivity contribution in [1.29, 1.82) is 0 Å². The normalized spacial score (nSPS) is 14.1. The second-order valence-corrected chi connectivity index (χ2v) is 7.60. The van der Waals surface area contributed by atoms with Crippen LogP contribution in [-0.2, 0) is 10.0 Å². The Morgan fingerprint density at radius 1 is 1.04 bits per heavy atom. The van der Waals surface area contributed by atoms with Crippen LogP contribution in [0.2, 0.25) is 0 Å². The molecule has 1 saturated carbocycles. The Labute approximate surface area is 142 Å². The van der Waals surface area contributed by atoms with Gasteiger partial charge in [-0.2, -0.15) is 0 Å². The van der Waals surface area contributed by atoms with Gasteiger partial charge in [-0.05, 0) is 54.2 Å². The Kier molecular flexibility index (Phi) is 4.89. The van der Waals surface area contributed by atoms with Crippen molar-refractivity contribution in [2.75, 3.05) is 13.2 Å². The van der Waals surface area contributed by atoms with Crippen LogP contribution in [0.5, 0.6) is 5.75 Å². The van der Waals surface area contributed by atoms with E-state index in [0.29, 0.717) is 23.1 Å². The van der Waals surface area contributed by atoms with E-state index in [4.69, 9.17) is 11.2 Å². The van der Waals surface area contributed by atoms with Gasteiger partial charge in [-0.15, -0.1) is 6.42 Å². The molecule has 2 aromatic rings. The molecule has 0 saturated heterocycles. The van der Waals surface area contributed by atoms with Crippen molar-refractivity contribution >= 4 is 10.0 Å². The maximum absolute atomic E-state index is 12.2. The lowest BCUT2D eigenvalue weighted by molar-refractivity contribution is 0.370. The highest BCUT2D eigenvalue weighted by Crippen LogP contribution is 2.28. The molecule has 2 aromatic carbocycles. The monoisotopic (exact) mass is 341 g/mol. The molecular weight excluding hydrogens is 322 g/mol. The number of terminal acetylenes is 1. The number of nitrogens with one attached hydrogen (secondary N) is 1. The molecule has 24 heavy (non-hydrogen) atoms. The van der Waals surface area contributed by atoms with E-state index in [9.17, 15) is 8.42 Å². The summed E-state index contributed by atoms with van der Waals surface area (Å²) in [5.74, 6) is 3.64. The summed E-state index contributed by atoms with van der Waals surface area (Å²) in [7, 11) is -3.42. The van der Waals surface area contributed by atoms with Gasteiger partial charge in [-0.25, -0.2) is 13.1 Å². The summed E-state index contributed by atoms with van der Waals surface area (Å²) in [5.41, 5.74) is 1.93. The molecular formula is C19H19NO3S. The van der Waals surface area contributed by atoms with Crippen LogP contribution in [-0.4, -0.2) is 21.6 Å². The molecule has 1 aliphatic carbocycles. The van der Waals surface area contributed by atoms with Crippen molar-refractivity contribution in [3.8, 4) is 29.2 Å². The summed E-state index contributed by atoms with van der Waals surface area (Å²) >= 11 is 0. The quantitative estimate of drug-likeness (QED) is 0.788. The molecule has 0 radical (unpaired) electrons. The molecule has 0 spiro atoms. The maximum Gasteiger partial charge on any atom is 0.240 e. The molecule has 3 rings (SSSR count). The first-order chi connectivity index (χ1) is 11.6. The topological polar surface area (TPSA) is 55.4 Å². The van der Waals surface area contributed by atoms with Crippen LogP contribution in [0.1, 0.15) is 12.8 Å². The second kappa shape index (κ2) is 7.08. The van der Waals surface area contributed by atoms with Crippen molar-refractivity contribution in [2.24, 2.45) is 5.92 Å². The molecule has 0 unspecified atom stereocenters. The molecule has 1 aliphatic rings. The molecule has 4 nitrogen and oxygen atoms in total. The highest BCUT2D eigenvalue weighted by atomic mass is 32.2. The molecule has 0 atom stereocenters. The fraction of sp³-hybridized carbons (Fsp3) is 0.263. The van der Waals surface area contributed by atoms with Crippen molar-refractivity contribution in [3.63, 3.8) is 0 Å². The lowest BCUT2D eigenvalue weighted by Crippen LogP contribution is -2.25. The van der Waals surface area contributed by atoms with Gasteiger partial charge in [0.15, 0.2) is 0 Å². The van der Waals surface area contributed by atoms with Gasteiger partial charge in [0, 0.05) is 6.54 Å². The molecule has 5 heteroatoms. The first-order valence-electron chi connectivity index (χ1n) is 7.85. The number of hydrogen-bond donors (Lipinski definition) is 1. The highest BCUT2D eigenvalue weighted by Gasteiger charge is 2.24. The second-order valence-electron chi connectivity index (χ2n) is 5.84. The van der Waals surface area contributed by atoms with Gasteiger partial charge < -0.3 is 4.74 Å². The van der Waals surface area contributed by atoms with Crippen molar-refractivity contribution in [1.82, 2.24) is 4.72 Å². The smallest absolute Gasteiger partial charge is 0.240 e. The van der Waals surface area contributed by atoms with Crippen LogP contribution in [0.4, 0.5) is 0 Å². The van der Waals surface area contributed by atoms with Crippen molar-refractivity contribution in [3.05, 3.63) is 48.5 Å². The van der Waals surface area contributed by atoms with Gasteiger partial charge in [0.1, 0.15) is 12.4 Å². The average Bonchev–Trinajstić information content (AvgIpc) is 3.43. The third kappa shape index (κ3) is 4.16. The SMILES string of the molecule is C#CCOc1ccc(-c2ccc(S(=O)(=O)NCC3CC3)cc2)cc1. The van der Waals surface area contributed by atoms with Crippen LogP contribution in [0.3, 0.4) is 0 Å². The number of rotatable bonds is 7. The number of sulfonamides is 1. The zero-order valence-electron chi connectivity index (χ0n) is 13.2. The van der Waals surface area contributed by atoms with E-state index in [0.717, 1.165) is 24.0 Å². The highest BCUT2D eigenvalue weighted by molar-refractivity contribution is 7.89. The predicted molar refractivity (Wildman–Crippen MR) is 94.1 cm³/mol. The van der Waals surface area contributed by atoms with E-state index in [1.165, 1.54) is 0 Å². The van der Waals surface area contributed by atoms with Crippen molar-refractivity contribution < 1.29 is 13.2 Å². The minimum Gasteiger partial charge on any atom is -0.481 e. The number of benzene rings is 2. The largest absolute Gasteiger partial charge is 0.481 e. The number of ether oxygens (including phenoxy) is 1. The Hall–Kier alpha value is -2.29. The van der Waals surface area contributed by atoms with E-state index in [-0.39, 0.29) is 6.61 Å². The van der Waals surface area contributed by atoms with E-state index >= 15 is 0 Å². The first kappa shape index (κ1) is 16.6.